The topological polar surface area (TPSA) is 45.7 Å². The van der Waals surface area contributed by atoms with Crippen molar-refractivity contribution in [3.63, 3.8) is 0 Å². The van der Waals surface area contributed by atoms with Gasteiger partial charge in [-0.15, -0.1) is 11.3 Å². The van der Waals surface area contributed by atoms with E-state index in [1.807, 2.05) is 30.9 Å². The van der Waals surface area contributed by atoms with Crippen LogP contribution < -0.4 is 9.64 Å². The number of likely N-dealkylation sites (tertiary alicyclic amines) is 1. The van der Waals surface area contributed by atoms with Gasteiger partial charge in [-0.05, 0) is 38.1 Å². The maximum absolute atomic E-state index is 12.6. The number of amides is 1. The lowest BCUT2D eigenvalue weighted by atomic mass is 9.72. The van der Waals surface area contributed by atoms with E-state index in [0.717, 1.165) is 47.5 Å². The molecule has 126 valence electrons. The number of carbonyl (C=O) groups excluding carboxylic acids is 1. The number of nitrogens with zero attached hydrogens (tertiary/aromatic N) is 3. The number of methoxy groups -OCH3 is 1. The first-order valence-electron chi connectivity index (χ1n) is 8.12. The Labute approximate surface area is 145 Å². The fourth-order valence-electron chi connectivity index (χ4n) is 3.72. The number of ether oxygens (including phenoxy) is 1. The van der Waals surface area contributed by atoms with Gasteiger partial charge in [-0.25, -0.2) is 4.98 Å². The first-order valence-corrected chi connectivity index (χ1v) is 8.94. The van der Waals surface area contributed by atoms with Crippen LogP contribution in [0.5, 0.6) is 5.75 Å². The van der Waals surface area contributed by atoms with E-state index >= 15 is 0 Å². The van der Waals surface area contributed by atoms with Crippen LogP contribution in [0.15, 0.2) is 24.3 Å². The molecule has 2 fully saturated rings. The second kappa shape index (κ2) is 5.48. The van der Waals surface area contributed by atoms with E-state index in [2.05, 4.69) is 22.0 Å². The number of aromatic nitrogens is 1. The van der Waals surface area contributed by atoms with Crippen molar-refractivity contribution < 1.29 is 9.53 Å². The van der Waals surface area contributed by atoms with E-state index in [1.165, 1.54) is 17.0 Å². The average Bonchev–Trinajstić information content (AvgIpc) is 2.83. The molecule has 0 bridgehead atoms. The maximum atomic E-state index is 12.6. The van der Waals surface area contributed by atoms with Crippen molar-refractivity contribution in [1.29, 1.82) is 0 Å². The smallest absolute Gasteiger partial charge is 0.265 e. The highest BCUT2D eigenvalue weighted by molar-refractivity contribution is 7.13. The van der Waals surface area contributed by atoms with Gasteiger partial charge in [0.05, 0.1) is 17.8 Å². The Bertz CT molecular complexity index is 770. The largest absolute Gasteiger partial charge is 0.497 e. The lowest BCUT2D eigenvalue weighted by Crippen LogP contribution is -2.73. The summed E-state index contributed by atoms with van der Waals surface area (Å²) in [7, 11) is 1.68. The number of hydrogen-bond donors (Lipinski definition) is 0. The van der Waals surface area contributed by atoms with Gasteiger partial charge in [-0.1, -0.05) is 0 Å². The highest BCUT2D eigenvalue weighted by Gasteiger charge is 2.53. The Balaban J connectivity index is 1.35. The quantitative estimate of drug-likeness (QED) is 0.860. The fraction of sp³-hybridized carbons (Fsp3) is 0.444. The van der Waals surface area contributed by atoms with Gasteiger partial charge in [0.25, 0.3) is 5.91 Å². The van der Waals surface area contributed by atoms with Crippen LogP contribution in [-0.4, -0.2) is 49.1 Å². The molecule has 4 rings (SSSR count). The van der Waals surface area contributed by atoms with Crippen LogP contribution in [0.2, 0.25) is 0 Å². The number of aryl methyl sites for hydroxylation is 2. The van der Waals surface area contributed by atoms with Crippen molar-refractivity contribution in [3.8, 4) is 5.75 Å². The zero-order chi connectivity index (χ0) is 16.9. The molecule has 3 heterocycles. The molecule has 2 aliphatic heterocycles. The van der Waals surface area contributed by atoms with Gasteiger partial charge in [0.1, 0.15) is 10.6 Å². The summed E-state index contributed by atoms with van der Waals surface area (Å²) >= 11 is 1.50. The van der Waals surface area contributed by atoms with Crippen molar-refractivity contribution >= 4 is 22.9 Å². The summed E-state index contributed by atoms with van der Waals surface area (Å²) in [6.07, 6.45) is 0. The zero-order valence-electron chi connectivity index (χ0n) is 14.2. The molecule has 0 N–H and O–H groups in total. The molecule has 0 saturated carbocycles. The Morgan fingerprint density at radius 2 is 1.83 bits per heavy atom. The molecule has 2 aliphatic rings. The van der Waals surface area contributed by atoms with Crippen molar-refractivity contribution in [1.82, 2.24) is 9.88 Å². The van der Waals surface area contributed by atoms with Gasteiger partial charge in [0, 0.05) is 37.3 Å². The number of hydrogen-bond acceptors (Lipinski definition) is 5. The standard InChI is InChI=1S/C18H21N3O2S/c1-12-16(24-13(2)19-12)17(22)21-10-18(11-21)8-20(9-18)14-4-6-15(23-3)7-5-14/h4-7H,8-11H2,1-3H3. The molecule has 0 unspecified atom stereocenters. The lowest BCUT2D eigenvalue weighted by Gasteiger charge is -2.60. The summed E-state index contributed by atoms with van der Waals surface area (Å²) in [5.41, 5.74) is 2.36. The van der Waals surface area contributed by atoms with Crippen LogP contribution in [0, 0.1) is 19.3 Å². The lowest BCUT2D eigenvalue weighted by molar-refractivity contribution is -0.0102. The van der Waals surface area contributed by atoms with E-state index in [4.69, 9.17) is 4.74 Å². The van der Waals surface area contributed by atoms with E-state index < -0.39 is 0 Å². The van der Waals surface area contributed by atoms with Gasteiger partial charge >= 0.3 is 0 Å². The number of rotatable bonds is 3. The highest BCUT2D eigenvalue weighted by Crippen LogP contribution is 2.43. The van der Waals surface area contributed by atoms with Crippen LogP contribution in [0.3, 0.4) is 0 Å². The van der Waals surface area contributed by atoms with Crippen LogP contribution in [0.25, 0.3) is 0 Å². The second-order valence-electron chi connectivity index (χ2n) is 6.86. The van der Waals surface area contributed by atoms with Crippen LogP contribution in [0.4, 0.5) is 5.69 Å². The normalized spacial score (nSPS) is 18.3. The number of anilines is 1. The molecule has 0 atom stereocenters. The van der Waals surface area contributed by atoms with Gasteiger partial charge in [-0.2, -0.15) is 0 Å². The van der Waals surface area contributed by atoms with Gasteiger partial charge in [0.15, 0.2) is 0 Å². The molecule has 1 amide bonds. The molecule has 5 nitrogen and oxygen atoms in total. The van der Waals surface area contributed by atoms with Crippen LogP contribution >= 0.6 is 11.3 Å². The molecule has 0 aliphatic carbocycles. The van der Waals surface area contributed by atoms with Crippen molar-refractivity contribution in [2.24, 2.45) is 5.41 Å². The molecular formula is C18H21N3O2S. The Kier molecular flexibility index (Phi) is 3.53. The first kappa shape index (κ1) is 15.4. The SMILES string of the molecule is COc1ccc(N2CC3(CN(C(=O)c4sc(C)nc4C)C3)C2)cc1. The van der Waals surface area contributed by atoms with E-state index in [1.54, 1.807) is 7.11 Å². The third kappa shape index (κ3) is 2.45. The Morgan fingerprint density at radius 1 is 1.17 bits per heavy atom. The Morgan fingerprint density at radius 3 is 2.38 bits per heavy atom. The molecule has 1 aromatic heterocycles. The van der Waals surface area contributed by atoms with Gasteiger partial charge in [0.2, 0.25) is 0 Å². The molecule has 24 heavy (non-hydrogen) atoms. The van der Waals surface area contributed by atoms with Crippen LogP contribution in [0.1, 0.15) is 20.4 Å². The summed E-state index contributed by atoms with van der Waals surface area (Å²) in [4.78, 5) is 22.1. The monoisotopic (exact) mass is 343 g/mol. The molecule has 6 heteroatoms. The van der Waals surface area contributed by atoms with Crippen molar-refractivity contribution in [2.45, 2.75) is 13.8 Å². The third-order valence-corrected chi connectivity index (χ3v) is 5.99. The van der Waals surface area contributed by atoms with E-state index in [9.17, 15) is 4.79 Å². The predicted octanol–water partition coefficient (Wildman–Crippen LogP) is 2.73. The summed E-state index contributed by atoms with van der Waals surface area (Å²) in [5.74, 6) is 1.02. The summed E-state index contributed by atoms with van der Waals surface area (Å²) in [6.45, 7) is 7.61. The average molecular weight is 343 g/mol. The van der Waals surface area contributed by atoms with E-state index in [-0.39, 0.29) is 11.3 Å². The second-order valence-corrected chi connectivity index (χ2v) is 8.07. The minimum Gasteiger partial charge on any atom is -0.497 e. The fourth-order valence-corrected chi connectivity index (χ4v) is 4.61. The predicted molar refractivity (Wildman–Crippen MR) is 95.1 cm³/mol. The minimum atomic E-state index is 0.145. The summed E-state index contributed by atoms with van der Waals surface area (Å²) in [6, 6.07) is 8.17. The molecule has 1 spiro atoms. The first-order chi connectivity index (χ1) is 11.5. The van der Waals surface area contributed by atoms with Crippen LogP contribution in [-0.2, 0) is 0 Å². The molecule has 2 saturated heterocycles. The highest BCUT2D eigenvalue weighted by atomic mass is 32.1. The number of thiazole rings is 1. The van der Waals surface area contributed by atoms with E-state index in [0.29, 0.717) is 0 Å². The van der Waals surface area contributed by atoms with Gasteiger partial charge < -0.3 is 14.5 Å². The number of carbonyl (C=O) groups is 1. The van der Waals surface area contributed by atoms with Crippen molar-refractivity contribution in [2.75, 3.05) is 38.2 Å². The molecule has 1 aromatic carbocycles. The summed E-state index contributed by atoms with van der Waals surface area (Å²) in [5, 5.41) is 0.959. The number of benzene rings is 1. The molecule has 2 aromatic rings. The molecule has 0 radical (unpaired) electrons. The summed E-state index contributed by atoms with van der Waals surface area (Å²) < 4.78 is 5.20. The Hall–Kier alpha value is -2.08. The van der Waals surface area contributed by atoms with Gasteiger partial charge in [-0.3, -0.25) is 4.79 Å². The van der Waals surface area contributed by atoms with Crippen molar-refractivity contribution in [3.05, 3.63) is 39.8 Å². The molecular weight excluding hydrogens is 322 g/mol. The maximum Gasteiger partial charge on any atom is 0.265 e. The third-order valence-electron chi connectivity index (χ3n) is 4.93. The minimum absolute atomic E-state index is 0.145. The zero-order valence-corrected chi connectivity index (χ0v) is 15.0.